The molecule has 136 valence electrons. The Bertz CT molecular complexity index is 975. The zero-order valence-corrected chi connectivity index (χ0v) is 17.1. The van der Waals surface area contributed by atoms with Crippen molar-refractivity contribution in [3.8, 4) is 11.3 Å². The summed E-state index contributed by atoms with van der Waals surface area (Å²) >= 11 is 10.1. The van der Waals surface area contributed by atoms with Crippen LogP contribution in [0, 0.1) is 0 Å². The maximum Gasteiger partial charge on any atom is 0.412 e. The largest absolute Gasteiger partial charge is 0.465 e. The van der Waals surface area contributed by atoms with E-state index in [-0.39, 0.29) is 0 Å². The molecule has 26 heavy (non-hydrogen) atoms. The summed E-state index contributed by atoms with van der Waals surface area (Å²) in [5.41, 5.74) is 2.31. The third-order valence-electron chi connectivity index (χ3n) is 4.10. The van der Waals surface area contributed by atoms with Crippen LogP contribution in [0.5, 0.6) is 0 Å². The van der Waals surface area contributed by atoms with E-state index < -0.39 is 11.6 Å². The lowest BCUT2D eigenvalue weighted by molar-refractivity contribution is 0.195. The molecule has 0 unspecified atom stereocenters. The average Bonchev–Trinajstić information content (AvgIpc) is 2.90. The molecule has 0 aliphatic heterocycles. The minimum atomic E-state index is -1.03. The minimum Gasteiger partial charge on any atom is -0.465 e. The zero-order valence-electron chi connectivity index (χ0n) is 14.7. The lowest BCUT2D eigenvalue weighted by Gasteiger charge is -2.34. The van der Waals surface area contributed by atoms with Gasteiger partial charge in [0.25, 0.3) is 0 Å². The van der Waals surface area contributed by atoms with Crippen LogP contribution in [0.2, 0.25) is 5.02 Å². The topological polar surface area (TPSA) is 53.7 Å². The van der Waals surface area contributed by atoms with E-state index in [1.54, 1.807) is 12.1 Å². The number of furan rings is 1. The van der Waals surface area contributed by atoms with Crippen LogP contribution in [0.25, 0.3) is 22.3 Å². The van der Waals surface area contributed by atoms with Crippen molar-refractivity contribution in [2.24, 2.45) is 0 Å². The molecule has 0 spiro atoms. The second kappa shape index (κ2) is 6.97. The highest BCUT2D eigenvalue weighted by Crippen LogP contribution is 2.43. The minimum absolute atomic E-state index is 0.472. The van der Waals surface area contributed by atoms with E-state index in [0.29, 0.717) is 32.9 Å². The summed E-state index contributed by atoms with van der Waals surface area (Å²) < 4.78 is 6.00. The van der Waals surface area contributed by atoms with Gasteiger partial charge >= 0.3 is 6.09 Å². The van der Waals surface area contributed by atoms with Gasteiger partial charge in [0.05, 0.1) is 10.7 Å². The fourth-order valence-electron chi connectivity index (χ4n) is 2.98. The summed E-state index contributed by atoms with van der Waals surface area (Å²) in [6.45, 7) is 5.54. The molecule has 2 aromatic carbocycles. The maximum atomic E-state index is 11.9. The summed E-state index contributed by atoms with van der Waals surface area (Å²) in [7, 11) is 0. The van der Waals surface area contributed by atoms with Crippen LogP contribution in [0.4, 0.5) is 10.5 Å². The first-order chi connectivity index (χ1) is 12.2. The summed E-state index contributed by atoms with van der Waals surface area (Å²) in [5.74, 6) is 0.472. The van der Waals surface area contributed by atoms with Gasteiger partial charge in [0.1, 0.15) is 5.58 Å². The normalized spacial score (nSPS) is 11.7. The van der Waals surface area contributed by atoms with E-state index in [1.165, 1.54) is 4.90 Å². The Labute approximate surface area is 165 Å². The number of nitrogens with zero attached hydrogens (tertiary/aromatic N) is 1. The van der Waals surface area contributed by atoms with Gasteiger partial charge in [0, 0.05) is 21.8 Å². The molecule has 0 radical (unpaired) electrons. The Hall–Kier alpha value is -1.98. The molecule has 0 atom stereocenters. The number of carboxylic acid groups (broad SMARTS) is 1. The fraction of sp³-hybridized carbons (Fsp3) is 0.250. The molecule has 1 N–H and O–H groups in total. The third kappa shape index (κ3) is 3.33. The number of amides is 1. The van der Waals surface area contributed by atoms with Gasteiger partial charge in [-0.1, -0.05) is 45.7 Å². The van der Waals surface area contributed by atoms with E-state index >= 15 is 0 Å². The third-order valence-corrected chi connectivity index (χ3v) is 5.12. The van der Waals surface area contributed by atoms with Gasteiger partial charge in [-0.05, 0) is 50.6 Å². The number of carbonyl (C=O) groups is 1. The van der Waals surface area contributed by atoms with Gasteiger partial charge < -0.3 is 9.52 Å². The molecule has 0 fully saturated rings. The summed E-state index contributed by atoms with van der Waals surface area (Å²) in [6.07, 6.45) is -1.03. The number of halogens is 2. The molecular formula is C20H19BrClNO3. The smallest absolute Gasteiger partial charge is 0.412 e. The molecular weight excluding hydrogens is 418 g/mol. The van der Waals surface area contributed by atoms with Crippen LogP contribution >= 0.6 is 27.5 Å². The quantitative estimate of drug-likeness (QED) is 0.453. The monoisotopic (exact) mass is 435 g/mol. The Morgan fingerprint density at radius 2 is 1.92 bits per heavy atom. The van der Waals surface area contributed by atoms with Crippen molar-refractivity contribution in [2.45, 2.75) is 31.6 Å². The van der Waals surface area contributed by atoms with Crippen molar-refractivity contribution >= 4 is 50.3 Å². The van der Waals surface area contributed by atoms with Gasteiger partial charge in [-0.2, -0.15) is 0 Å². The lowest BCUT2D eigenvalue weighted by atomic mass is 10.0. The van der Waals surface area contributed by atoms with Gasteiger partial charge in [0.2, 0.25) is 0 Å². The molecule has 6 heteroatoms. The highest BCUT2D eigenvalue weighted by molar-refractivity contribution is 9.08. The van der Waals surface area contributed by atoms with Crippen molar-refractivity contribution in [3.05, 3.63) is 53.1 Å². The molecule has 1 amide bonds. The Kier molecular flexibility index (Phi) is 5.04. The second-order valence-electron chi connectivity index (χ2n) is 7.02. The van der Waals surface area contributed by atoms with Crippen molar-refractivity contribution in [2.75, 3.05) is 4.90 Å². The molecule has 3 aromatic rings. The maximum absolute atomic E-state index is 11.9. The van der Waals surface area contributed by atoms with Crippen molar-refractivity contribution in [3.63, 3.8) is 0 Å². The van der Waals surface area contributed by atoms with Crippen LogP contribution < -0.4 is 4.90 Å². The number of anilines is 1. The van der Waals surface area contributed by atoms with Gasteiger partial charge in [0.15, 0.2) is 5.76 Å². The van der Waals surface area contributed by atoms with Crippen molar-refractivity contribution < 1.29 is 14.3 Å². The SMILES string of the molecule is CC(C)(C)N(C(=O)O)c1ccccc1-c1oc2ccc(CBr)cc2c1Cl. The zero-order chi connectivity index (χ0) is 19.1. The predicted octanol–water partition coefficient (Wildman–Crippen LogP) is 6.93. The van der Waals surface area contributed by atoms with E-state index in [9.17, 15) is 9.90 Å². The number of hydrogen-bond donors (Lipinski definition) is 1. The molecule has 4 nitrogen and oxygen atoms in total. The van der Waals surface area contributed by atoms with Gasteiger partial charge in [-0.15, -0.1) is 0 Å². The Balaban J connectivity index is 2.24. The van der Waals surface area contributed by atoms with E-state index in [2.05, 4.69) is 15.9 Å². The van der Waals surface area contributed by atoms with Crippen LogP contribution in [0.3, 0.4) is 0 Å². The summed E-state index contributed by atoms with van der Waals surface area (Å²) in [6, 6.07) is 13.1. The average molecular weight is 437 g/mol. The standard InChI is InChI=1S/C20H19BrClNO3/c1-20(2,3)23(19(24)25)15-7-5-4-6-13(15)18-17(22)14-10-12(11-21)8-9-16(14)26-18/h4-10H,11H2,1-3H3,(H,24,25). The van der Waals surface area contributed by atoms with E-state index in [1.807, 2.05) is 51.1 Å². The van der Waals surface area contributed by atoms with E-state index in [0.717, 1.165) is 10.9 Å². The Morgan fingerprint density at radius 1 is 1.23 bits per heavy atom. The van der Waals surface area contributed by atoms with Crippen molar-refractivity contribution in [1.82, 2.24) is 0 Å². The molecule has 3 rings (SSSR count). The summed E-state index contributed by atoms with van der Waals surface area (Å²) in [4.78, 5) is 13.3. The van der Waals surface area contributed by atoms with Crippen molar-refractivity contribution in [1.29, 1.82) is 0 Å². The number of fused-ring (bicyclic) bond motifs is 1. The molecule has 0 aliphatic carbocycles. The number of hydrogen-bond acceptors (Lipinski definition) is 2. The first kappa shape index (κ1) is 18.8. The number of benzene rings is 2. The Morgan fingerprint density at radius 3 is 2.54 bits per heavy atom. The van der Waals surface area contributed by atoms with Crippen LogP contribution in [0.1, 0.15) is 26.3 Å². The fourth-order valence-corrected chi connectivity index (χ4v) is 3.62. The van der Waals surface area contributed by atoms with Gasteiger partial charge in [-0.3, -0.25) is 4.90 Å². The van der Waals surface area contributed by atoms with Crippen LogP contribution in [-0.2, 0) is 5.33 Å². The highest BCUT2D eigenvalue weighted by atomic mass is 79.9. The first-order valence-corrected chi connectivity index (χ1v) is 9.63. The molecule has 0 saturated carbocycles. The molecule has 1 heterocycles. The van der Waals surface area contributed by atoms with Crippen LogP contribution in [0.15, 0.2) is 46.9 Å². The number of alkyl halides is 1. The molecule has 0 saturated heterocycles. The lowest BCUT2D eigenvalue weighted by Crippen LogP contribution is -2.45. The predicted molar refractivity (Wildman–Crippen MR) is 110 cm³/mol. The van der Waals surface area contributed by atoms with Crippen LogP contribution in [-0.4, -0.2) is 16.7 Å². The molecule has 1 aromatic heterocycles. The number of rotatable bonds is 3. The highest BCUT2D eigenvalue weighted by Gasteiger charge is 2.31. The summed E-state index contributed by atoms with van der Waals surface area (Å²) in [5, 5.41) is 11.8. The molecule has 0 bridgehead atoms. The van der Waals surface area contributed by atoms with Gasteiger partial charge in [-0.25, -0.2) is 4.79 Å². The van der Waals surface area contributed by atoms with E-state index in [4.69, 9.17) is 16.0 Å². The first-order valence-electron chi connectivity index (χ1n) is 8.13. The second-order valence-corrected chi connectivity index (χ2v) is 7.95. The molecule has 0 aliphatic rings. The number of para-hydroxylation sites is 1.